The number of rotatable bonds is 4. The van der Waals surface area contributed by atoms with Gasteiger partial charge < -0.3 is 5.32 Å². The van der Waals surface area contributed by atoms with Gasteiger partial charge in [-0.15, -0.1) is 0 Å². The van der Waals surface area contributed by atoms with Gasteiger partial charge in [-0.25, -0.2) is 9.97 Å². The van der Waals surface area contributed by atoms with Crippen LogP contribution in [-0.2, 0) is 6.42 Å². The lowest BCUT2D eigenvalue weighted by atomic mass is 10.1. The van der Waals surface area contributed by atoms with Crippen LogP contribution in [-0.4, -0.2) is 16.5 Å². The maximum Gasteiger partial charge on any atom is 0.144 e. The molecule has 6 heteroatoms. The Hall–Kier alpha value is -0.840. The molecule has 0 amide bonds. The van der Waals surface area contributed by atoms with Crippen LogP contribution in [0.2, 0.25) is 10.0 Å². The maximum atomic E-state index is 6.15. The van der Waals surface area contributed by atoms with Gasteiger partial charge in [-0.05, 0) is 40.5 Å². The Kier molecular flexibility index (Phi) is 5.02. The highest BCUT2D eigenvalue weighted by Crippen LogP contribution is 2.24. The molecule has 1 N–H and O–H groups in total. The first-order chi connectivity index (χ1) is 9.10. The molecule has 0 saturated heterocycles. The molecule has 0 spiro atoms. The van der Waals surface area contributed by atoms with Gasteiger partial charge >= 0.3 is 0 Å². The first-order valence-electron chi connectivity index (χ1n) is 5.79. The van der Waals surface area contributed by atoms with Crippen molar-refractivity contribution in [2.24, 2.45) is 0 Å². The van der Waals surface area contributed by atoms with Gasteiger partial charge in [-0.1, -0.05) is 29.3 Å². The molecule has 0 unspecified atom stereocenters. The zero-order valence-electron chi connectivity index (χ0n) is 10.3. The minimum Gasteiger partial charge on any atom is -0.369 e. The van der Waals surface area contributed by atoms with Crippen LogP contribution in [0.4, 0.5) is 5.82 Å². The van der Waals surface area contributed by atoms with E-state index in [0.29, 0.717) is 22.3 Å². The minimum atomic E-state index is 0.571. The third-order valence-corrected chi connectivity index (χ3v) is 3.67. The molecule has 100 valence electrons. The van der Waals surface area contributed by atoms with E-state index in [4.69, 9.17) is 23.2 Å². The van der Waals surface area contributed by atoms with Crippen molar-refractivity contribution in [3.8, 4) is 0 Å². The molecular formula is C13H12BrCl2N3. The average Bonchev–Trinajstić information content (AvgIpc) is 2.37. The number of hydrogen-bond donors (Lipinski definition) is 1. The van der Waals surface area contributed by atoms with E-state index in [2.05, 4.69) is 31.2 Å². The van der Waals surface area contributed by atoms with Crippen molar-refractivity contribution in [2.45, 2.75) is 13.3 Å². The summed E-state index contributed by atoms with van der Waals surface area (Å²) in [6.07, 6.45) is 2.31. The van der Waals surface area contributed by atoms with Gasteiger partial charge in [0.1, 0.15) is 11.6 Å². The highest BCUT2D eigenvalue weighted by Gasteiger charge is 2.08. The molecule has 3 nitrogen and oxygen atoms in total. The van der Waals surface area contributed by atoms with Crippen molar-refractivity contribution in [2.75, 3.05) is 11.9 Å². The van der Waals surface area contributed by atoms with E-state index in [1.807, 2.05) is 19.1 Å². The Balaban J connectivity index is 2.25. The van der Waals surface area contributed by atoms with Crippen molar-refractivity contribution in [1.82, 2.24) is 9.97 Å². The van der Waals surface area contributed by atoms with E-state index in [0.717, 1.165) is 22.4 Å². The topological polar surface area (TPSA) is 37.8 Å². The molecule has 1 aromatic carbocycles. The van der Waals surface area contributed by atoms with Gasteiger partial charge in [-0.2, -0.15) is 0 Å². The summed E-state index contributed by atoms with van der Waals surface area (Å²) in [6, 6.07) is 5.43. The third kappa shape index (κ3) is 3.81. The second-order valence-corrected chi connectivity index (χ2v) is 5.62. The van der Waals surface area contributed by atoms with Gasteiger partial charge in [0, 0.05) is 29.2 Å². The molecule has 0 saturated carbocycles. The van der Waals surface area contributed by atoms with Crippen LogP contribution in [0.15, 0.2) is 28.9 Å². The second kappa shape index (κ2) is 6.55. The number of nitrogens with zero attached hydrogens (tertiary/aromatic N) is 2. The van der Waals surface area contributed by atoms with Gasteiger partial charge in [0.25, 0.3) is 0 Å². The van der Waals surface area contributed by atoms with Crippen LogP contribution in [0.5, 0.6) is 0 Å². The standard InChI is InChI=1S/C13H12BrCl2N3/c1-2-17-13-10(14)7-18-12(19-13)5-8-3-4-9(15)6-11(8)16/h3-4,6-7H,2,5H2,1H3,(H,17,18,19). The van der Waals surface area contributed by atoms with Gasteiger partial charge in [-0.3, -0.25) is 0 Å². The monoisotopic (exact) mass is 359 g/mol. The number of aromatic nitrogens is 2. The number of nitrogens with one attached hydrogen (secondary N) is 1. The van der Waals surface area contributed by atoms with Crippen molar-refractivity contribution in [3.63, 3.8) is 0 Å². The van der Waals surface area contributed by atoms with Gasteiger partial charge in [0.05, 0.1) is 4.47 Å². The lowest BCUT2D eigenvalue weighted by Crippen LogP contribution is -2.05. The van der Waals surface area contributed by atoms with Gasteiger partial charge in [0.15, 0.2) is 0 Å². The molecule has 0 aliphatic rings. The van der Waals surface area contributed by atoms with E-state index >= 15 is 0 Å². The molecule has 0 atom stereocenters. The summed E-state index contributed by atoms with van der Waals surface area (Å²) in [5.41, 5.74) is 0.954. The quantitative estimate of drug-likeness (QED) is 0.867. The zero-order valence-corrected chi connectivity index (χ0v) is 13.3. The van der Waals surface area contributed by atoms with Crippen LogP contribution in [0.25, 0.3) is 0 Å². The van der Waals surface area contributed by atoms with E-state index in [9.17, 15) is 0 Å². The summed E-state index contributed by atoms with van der Waals surface area (Å²) in [5.74, 6) is 1.50. The van der Waals surface area contributed by atoms with Crippen molar-refractivity contribution in [3.05, 3.63) is 50.3 Å². The smallest absolute Gasteiger partial charge is 0.144 e. The molecule has 19 heavy (non-hydrogen) atoms. The molecule has 1 aromatic heterocycles. The fourth-order valence-electron chi connectivity index (χ4n) is 1.62. The van der Waals surface area contributed by atoms with Crippen LogP contribution < -0.4 is 5.32 Å². The fraction of sp³-hybridized carbons (Fsp3) is 0.231. The van der Waals surface area contributed by atoms with Crippen molar-refractivity contribution < 1.29 is 0 Å². The van der Waals surface area contributed by atoms with E-state index in [1.54, 1.807) is 12.3 Å². The van der Waals surface area contributed by atoms with Crippen LogP contribution in [0.1, 0.15) is 18.3 Å². The van der Waals surface area contributed by atoms with E-state index in [1.165, 1.54) is 0 Å². The fourth-order valence-corrected chi connectivity index (χ4v) is 2.42. The summed E-state index contributed by atoms with van der Waals surface area (Å²) in [6.45, 7) is 2.82. The molecule has 0 radical (unpaired) electrons. The number of benzene rings is 1. The number of halogens is 3. The minimum absolute atomic E-state index is 0.571. The summed E-state index contributed by atoms with van der Waals surface area (Å²) >= 11 is 15.4. The number of hydrogen-bond acceptors (Lipinski definition) is 3. The van der Waals surface area contributed by atoms with E-state index in [-0.39, 0.29) is 0 Å². The predicted molar refractivity (Wildman–Crippen MR) is 83.2 cm³/mol. The normalized spacial score (nSPS) is 10.5. The average molecular weight is 361 g/mol. The Morgan fingerprint density at radius 2 is 2.11 bits per heavy atom. The first-order valence-corrected chi connectivity index (χ1v) is 7.34. The Morgan fingerprint density at radius 1 is 1.32 bits per heavy atom. The van der Waals surface area contributed by atoms with Crippen LogP contribution in [0, 0.1) is 0 Å². The zero-order chi connectivity index (χ0) is 13.8. The predicted octanol–water partition coefficient (Wildman–Crippen LogP) is 4.57. The summed E-state index contributed by atoms with van der Waals surface area (Å²) < 4.78 is 0.848. The highest BCUT2D eigenvalue weighted by molar-refractivity contribution is 9.10. The second-order valence-electron chi connectivity index (χ2n) is 3.93. The Morgan fingerprint density at radius 3 is 2.79 bits per heavy atom. The SMILES string of the molecule is CCNc1nc(Cc2ccc(Cl)cc2Cl)ncc1Br. The molecule has 0 bridgehead atoms. The molecule has 0 aliphatic carbocycles. The third-order valence-electron chi connectivity index (χ3n) is 2.50. The Labute approximate surface area is 130 Å². The Bertz CT molecular complexity index is 590. The largest absolute Gasteiger partial charge is 0.369 e. The highest BCUT2D eigenvalue weighted by atomic mass is 79.9. The maximum absolute atomic E-state index is 6.15. The summed E-state index contributed by atoms with van der Waals surface area (Å²) in [5, 5.41) is 4.43. The molecule has 1 heterocycles. The molecule has 2 aromatic rings. The molecular weight excluding hydrogens is 349 g/mol. The molecule has 0 aliphatic heterocycles. The van der Waals surface area contributed by atoms with Crippen LogP contribution in [0.3, 0.4) is 0 Å². The van der Waals surface area contributed by atoms with Crippen LogP contribution >= 0.6 is 39.1 Å². The van der Waals surface area contributed by atoms with Crippen molar-refractivity contribution >= 4 is 44.9 Å². The summed E-state index contributed by atoms with van der Waals surface area (Å²) in [4.78, 5) is 8.75. The lowest BCUT2D eigenvalue weighted by molar-refractivity contribution is 0.956. The van der Waals surface area contributed by atoms with Crippen molar-refractivity contribution in [1.29, 1.82) is 0 Å². The van der Waals surface area contributed by atoms with E-state index < -0.39 is 0 Å². The molecule has 2 rings (SSSR count). The summed E-state index contributed by atoms with van der Waals surface area (Å²) in [7, 11) is 0. The first kappa shape index (κ1) is 14.6. The lowest BCUT2D eigenvalue weighted by Gasteiger charge is -2.08. The number of anilines is 1. The van der Waals surface area contributed by atoms with Gasteiger partial charge in [0.2, 0.25) is 0 Å². The molecule has 0 fully saturated rings.